The van der Waals surface area contributed by atoms with Gasteiger partial charge in [0.15, 0.2) is 11.6 Å². The van der Waals surface area contributed by atoms with E-state index in [2.05, 4.69) is 10.3 Å². The second kappa shape index (κ2) is 5.95. The maximum atomic E-state index is 13.1. The number of hydrogen-bond acceptors (Lipinski definition) is 3. The second-order valence-corrected chi connectivity index (χ2v) is 4.04. The van der Waals surface area contributed by atoms with Gasteiger partial charge in [-0.15, -0.1) is 0 Å². The summed E-state index contributed by atoms with van der Waals surface area (Å²) < 4.78 is 13.1. The van der Waals surface area contributed by atoms with E-state index in [9.17, 15) is 9.18 Å². The van der Waals surface area contributed by atoms with E-state index in [0.29, 0.717) is 12.1 Å². The molecule has 0 radical (unpaired) electrons. The Balaban J connectivity index is 1.89. The molecule has 0 aliphatic carbocycles. The Kier molecular flexibility index (Phi) is 4.07. The molecule has 0 fully saturated rings. The van der Waals surface area contributed by atoms with Crippen molar-refractivity contribution in [1.82, 2.24) is 4.98 Å². The van der Waals surface area contributed by atoms with Crippen LogP contribution in [-0.2, 0) is 11.2 Å². The van der Waals surface area contributed by atoms with Crippen LogP contribution in [0.1, 0.15) is 12.1 Å². The van der Waals surface area contributed by atoms with Gasteiger partial charge < -0.3 is 10.4 Å². The highest BCUT2D eigenvalue weighted by atomic mass is 19.1. The van der Waals surface area contributed by atoms with Gasteiger partial charge in [-0.05, 0) is 30.7 Å². The number of carbonyl (C=O) groups excluding carboxylic acids is 1. The van der Waals surface area contributed by atoms with Crippen molar-refractivity contribution in [3.63, 3.8) is 0 Å². The second-order valence-electron chi connectivity index (χ2n) is 4.04. The SMILES string of the molecule is O=C(CCc1ccccn1)Nc1ccc(O)c(F)c1. The Morgan fingerprint density at radius 1 is 1.32 bits per heavy atom. The quantitative estimate of drug-likeness (QED) is 0.830. The molecule has 0 saturated heterocycles. The van der Waals surface area contributed by atoms with E-state index in [0.717, 1.165) is 11.8 Å². The minimum absolute atomic E-state index is 0.226. The van der Waals surface area contributed by atoms with Crippen molar-refractivity contribution in [3.05, 3.63) is 54.1 Å². The Labute approximate surface area is 109 Å². The largest absolute Gasteiger partial charge is 0.505 e. The Hall–Kier alpha value is -2.43. The third-order valence-corrected chi connectivity index (χ3v) is 2.57. The summed E-state index contributed by atoms with van der Waals surface area (Å²) in [6.45, 7) is 0. The van der Waals surface area contributed by atoms with E-state index in [1.54, 1.807) is 6.20 Å². The lowest BCUT2D eigenvalue weighted by Crippen LogP contribution is -2.12. The zero-order chi connectivity index (χ0) is 13.7. The molecular formula is C14H13FN2O2. The zero-order valence-corrected chi connectivity index (χ0v) is 10.1. The molecule has 98 valence electrons. The summed E-state index contributed by atoms with van der Waals surface area (Å²) >= 11 is 0. The van der Waals surface area contributed by atoms with Crippen LogP contribution < -0.4 is 5.32 Å². The topological polar surface area (TPSA) is 62.2 Å². The molecule has 0 bridgehead atoms. The van der Waals surface area contributed by atoms with Crippen LogP contribution in [0.3, 0.4) is 0 Å². The third kappa shape index (κ3) is 3.77. The molecule has 5 heteroatoms. The molecule has 19 heavy (non-hydrogen) atoms. The monoisotopic (exact) mass is 260 g/mol. The third-order valence-electron chi connectivity index (χ3n) is 2.57. The van der Waals surface area contributed by atoms with Crippen LogP contribution in [0.5, 0.6) is 5.75 Å². The van der Waals surface area contributed by atoms with E-state index in [1.165, 1.54) is 12.1 Å². The maximum absolute atomic E-state index is 13.1. The average Bonchev–Trinajstić information content (AvgIpc) is 2.42. The van der Waals surface area contributed by atoms with Gasteiger partial charge in [-0.3, -0.25) is 9.78 Å². The number of rotatable bonds is 4. The van der Waals surface area contributed by atoms with Gasteiger partial charge in [0.05, 0.1) is 0 Å². The normalized spacial score (nSPS) is 10.2. The number of carbonyl (C=O) groups is 1. The molecule has 0 aliphatic heterocycles. The number of hydrogen-bond donors (Lipinski definition) is 2. The van der Waals surface area contributed by atoms with Gasteiger partial charge in [-0.1, -0.05) is 6.07 Å². The van der Waals surface area contributed by atoms with Gasteiger partial charge in [-0.25, -0.2) is 4.39 Å². The van der Waals surface area contributed by atoms with E-state index < -0.39 is 11.6 Å². The lowest BCUT2D eigenvalue weighted by Gasteiger charge is -2.05. The first-order valence-electron chi connectivity index (χ1n) is 5.83. The fraction of sp³-hybridized carbons (Fsp3) is 0.143. The number of phenols is 1. The zero-order valence-electron chi connectivity index (χ0n) is 10.1. The predicted octanol–water partition coefficient (Wildman–Crippen LogP) is 2.50. The van der Waals surface area contributed by atoms with Gasteiger partial charge in [0.1, 0.15) is 0 Å². The van der Waals surface area contributed by atoms with Crippen LogP contribution in [0.15, 0.2) is 42.6 Å². The molecule has 1 aromatic heterocycles. The van der Waals surface area contributed by atoms with Crippen molar-refractivity contribution in [2.45, 2.75) is 12.8 Å². The number of phenolic OH excluding ortho intramolecular Hbond substituents is 1. The standard InChI is InChI=1S/C14H13FN2O2/c15-12-9-11(4-6-13(12)18)17-14(19)7-5-10-3-1-2-8-16-10/h1-4,6,8-9,18H,5,7H2,(H,17,19). The molecule has 2 aromatic rings. The molecule has 1 amide bonds. The lowest BCUT2D eigenvalue weighted by atomic mass is 10.2. The number of benzene rings is 1. The van der Waals surface area contributed by atoms with Crippen LogP contribution in [0.4, 0.5) is 10.1 Å². The fourth-order valence-electron chi connectivity index (χ4n) is 1.60. The van der Waals surface area contributed by atoms with E-state index in [-0.39, 0.29) is 12.3 Å². The molecule has 1 heterocycles. The van der Waals surface area contributed by atoms with Gasteiger partial charge in [-0.2, -0.15) is 0 Å². The molecular weight excluding hydrogens is 247 g/mol. The highest BCUT2D eigenvalue weighted by Crippen LogP contribution is 2.19. The smallest absolute Gasteiger partial charge is 0.224 e. The molecule has 2 rings (SSSR count). The lowest BCUT2D eigenvalue weighted by molar-refractivity contribution is -0.116. The molecule has 2 N–H and O–H groups in total. The van der Waals surface area contributed by atoms with Crippen molar-refractivity contribution in [2.24, 2.45) is 0 Å². The highest BCUT2D eigenvalue weighted by molar-refractivity contribution is 5.90. The van der Waals surface area contributed by atoms with Crippen LogP contribution in [0, 0.1) is 5.82 Å². The van der Waals surface area contributed by atoms with Crippen LogP contribution in [-0.4, -0.2) is 16.0 Å². The number of nitrogens with one attached hydrogen (secondary N) is 1. The summed E-state index contributed by atoms with van der Waals surface area (Å²) in [6.07, 6.45) is 2.45. The van der Waals surface area contributed by atoms with E-state index in [1.807, 2.05) is 18.2 Å². The molecule has 0 spiro atoms. The number of pyridine rings is 1. The summed E-state index contributed by atoms with van der Waals surface area (Å²) in [6, 6.07) is 9.22. The highest BCUT2D eigenvalue weighted by Gasteiger charge is 2.06. The number of anilines is 1. The van der Waals surface area contributed by atoms with Gasteiger partial charge in [0, 0.05) is 30.1 Å². The average molecular weight is 260 g/mol. The fourth-order valence-corrected chi connectivity index (χ4v) is 1.60. The molecule has 0 atom stereocenters. The molecule has 1 aromatic carbocycles. The molecule has 0 aliphatic rings. The Morgan fingerprint density at radius 3 is 2.84 bits per heavy atom. The van der Waals surface area contributed by atoms with Crippen molar-refractivity contribution >= 4 is 11.6 Å². The number of amides is 1. The van der Waals surface area contributed by atoms with Crippen molar-refractivity contribution < 1.29 is 14.3 Å². The number of nitrogens with zero attached hydrogens (tertiary/aromatic N) is 1. The molecule has 4 nitrogen and oxygen atoms in total. The van der Waals surface area contributed by atoms with E-state index >= 15 is 0 Å². The van der Waals surface area contributed by atoms with E-state index in [4.69, 9.17) is 5.11 Å². The number of aryl methyl sites for hydroxylation is 1. The van der Waals surface area contributed by atoms with Crippen LogP contribution in [0.25, 0.3) is 0 Å². The van der Waals surface area contributed by atoms with Crippen molar-refractivity contribution in [2.75, 3.05) is 5.32 Å². The minimum Gasteiger partial charge on any atom is -0.505 e. The predicted molar refractivity (Wildman–Crippen MR) is 69.3 cm³/mol. The summed E-state index contributed by atoms with van der Waals surface area (Å²) in [5.41, 5.74) is 1.15. The first-order chi connectivity index (χ1) is 9.15. The first-order valence-corrected chi connectivity index (χ1v) is 5.83. The van der Waals surface area contributed by atoms with Crippen molar-refractivity contribution in [3.8, 4) is 5.75 Å². The summed E-state index contributed by atoms with van der Waals surface area (Å²) in [4.78, 5) is 15.8. The summed E-state index contributed by atoms with van der Waals surface area (Å²) in [5.74, 6) is -1.43. The van der Waals surface area contributed by atoms with Gasteiger partial charge >= 0.3 is 0 Å². The number of aromatic hydroxyl groups is 1. The van der Waals surface area contributed by atoms with Gasteiger partial charge in [0.2, 0.25) is 5.91 Å². The molecule has 0 unspecified atom stereocenters. The number of halogens is 1. The van der Waals surface area contributed by atoms with Crippen molar-refractivity contribution in [1.29, 1.82) is 0 Å². The Morgan fingerprint density at radius 2 is 2.16 bits per heavy atom. The minimum atomic E-state index is -0.762. The summed E-state index contributed by atoms with van der Waals surface area (Å²) in [5, 5.41) is 11.6. The maximum Gasteiger partial charge on any atom is 0.224 e. The van der Waals surface area contributed by atoms with Crippen LogP contribution in [0.2, 0.25) is 0 Å². The summed E-state index contributed by atoms with van der Waals surface area (Å²) in [7, 11) is 0. The first kappa shape index (κ1) is 13.0. The Bertz CT molecular complexity index is 573. The van der Waals surface area contributed by atoms with Crippen LogP contribution >= 0.6 is 0 Å². The molecule has 0 saturated carbocycles. The number of aromatic nitrogens is 1. The van der Waals surface area contributed by atoms with Gasteiger partial charge in [0.25, 0.3) is 0 Å².